The summed E-state index contributed by atoms with van der Waals surface area (Å²) in [6, 6.07) is 8.39. The lowest BCUT2D eigenvalue weighted by molar-refractivity contribution is 0.0518. The molecule has 1 aromatic heterocycles. The molecule has 4 heterocycles. The quantitative estimate of drug-likeness (QED) is 0.644. The van der Waals surface area contributed by atoms with Gasteiger partial charge >= 0.3 is 0 Å². The first-order valence-electron chi connectivity index (χ1n) is 12.0. The molecule has 5 rings (SSSR count). The van der Waals surface area contributed by atoms with Crippen LogP contribution in [0.2, 0.25) is 0 Å². The van der Waals surface area contributed by atoms with Gasteiger partial charge in [-0.1, -0.05) is 0 Å². The van der Waals surface area contributed by atoms with E-state index in [2.05, 4.69) is 4.90 Å². The Labute approximate surface area is 199 Å². The summed E-state index contributed by atoms with van der Waals surface area (Å²) in [4.78, 5) is 31.5. The predicted molar refractivity (Wildman–Crippen MR) is 126 cm³/mol. The maximum absolute atomic E-state index is 13.5. The van der Waals surface area contributed by atoms with Crippen LogP contribution in [0.25, 0.3) is 0 Å². The Hall–Kier alpha value is -2.85. The number of anilines is 1. The van der Waals surface area contributed by atoms with Crippen molar-refractivity contribution in [3.63, 3.8) is 0 Å². The van der Waals surface area contributed by atoms with Crippen molar-refractivity contribution in [2.45, 2.75) is 30.6 Å². The van der Waals surface area contributed by atoms with Crippen LogP contribution in [-0.2, 0) is 10.0 Å². The number of furan rings is 1. The van der Waals surface area contributed by atoms with Gasteiger partial charge in [0.2, 0.25) is 10.0 Å². The smallest absolute Gasteiger partial charge is 0.289 e. The molecule has 0 unspecified atom stereocenters. The van der Waals surface area contributed by atoms with Crippen molar-refractivity contribution < 1.29 is 22.4 Å². The van der Waals surface area contributed by atoms with E-state index in [1.807, 2.05) is 0 Å². The largest absolute Gasteiger partial charge is 0.459 e. The van der Waals surface area contributed by atoms with Crippen molar-refractivity contribution in [2.75, 3.05) is 57.3 Å². The zero-order valence-corrected chi connectivity index (χ0v) is 20.0. The SMILES string of the molecule is O=C(c1ccc(N2CCCC2)c(S(=O)(=O)N2CCCC2)c1)N1CCN(C(=O)c2ccco2)CC1. The van der Waals surface area contributed by atoms with Crippen molar-refractivity contribution >= 4 is 27.5 Å². The lowest BCUT2D eigenvalue weighted by atomic mass is 10.1. The first-order chi connectivity index (χ1) is 16.4. The van der Waals surface area contributed by atoms with Gasteiger partial charge in [-0.25, -0.2) is 8.42 Å². The molecule has 182 valence electrons. The topological polar surface area (TPSA) is 94.4 Å². The molecular formula is C24H30N4O5S. The molecule has 0 radical (unpaired) electrons. The molecule has 3 aliphatic heterocycles. The summed E-state index contributed by atoms with van der Waals surface area (Å²) in [6.07, 6.45) is 5.25. The van der Waals surface area contributed by atoms with Crippen molar-refractivity contribution in [1.82, 2.24) is 14.1 Å². The summed E-state index contributed by atoms with van der Waals surface area (Å²) in [6.45, 7) is 4.24. The summed E-state index contributed by atoms with van der Waals surface area (Å²) in [5, 5.41) is 0. The number of benzene rings is 1. The van der Waals surface area contributed by atoms with Gasteiger partial charge in [-0.3, -0.25) is 9.59 Å². The van der Waals surface area contributed by atoms with Crippen LogP contribution in [0.15, 0.2) is 45.9 Å². The van der Waals surface area contributed by atoms with Gasteiger partial charge in [-0.05, 0) is 56.0 Å². The van der Waals surface area contributed by atoms with Crippen LogP contribution >= 0.6 is 0 Å². The molecule has 0 saturated carbocycles. The Balaban J connectivity index is 1.36. The average molecular weight is 487 g/mol. The van der Waals surface area contributed by atoms with Crippen LogP contribution in [0, 0.1) is 0 Å². The number of hydrogen-bond acceptors (Lipinski definition) is 6. The predicted octanol–water partition coefficient (Wildman–Crippen LogP) is 2.26. The second kappa shape index (κ2) is 9.42. The molecule has 3 saturated heterocycles. The minimum absolute atomic E-state index is 0.189. The Morgan fingerprint density at radius 2 is 1.38 bits per heavy atom. The molecular weight excluding hydrogens is 456 g/mol. The van der Waals surface area contributed by atoms with E-state index in [0.717, 1.165) is 38.8 Å². The average Bonchev–Trinajstić information content (AvgIpc) is 3.66. The van der Waals surface area contributed by atoms with Crippen LogP contribution in [-0.4, -0.2) is 86.7 Å². The Morgan fingerprint density at radius 3 is 2.00 bits per heavy atom. The maximum atomic E-state index is 13.5. The van der Waals surface area contributed by atoms with Crippen LogP contribution in [0.3, 0.4) is 0 Å². The van der Waals surface area contributed by atoms with Crippen molar-refractivity contribution in [3.8, 4) is 0 Å². The normalized spacial score (nSPS) is 19.7. The highest BCUT2D eigenvalue weighted by Gasteiger charge is 2.33. The van der Waals surface area contributed by atoms with Crippen LogP contribution < -0.4 is 4.90 Å². The third kappa shape index (κ3) is 4.32. The minimum atomic E-state index is -3.68. The van der Waals surface area contributed by atoms with Gasteiger partial charge in [0.25, 0.3) is 11.8 Å². The van der Waals surface area contributed by atoms with Gasteiger partial charge in [0.15, 0.2) is 5.76 Å². The first kappa shape index (κ1) is 22.9. The third-order valence-electron chi connectivity index (χ3n) is 6.92. The van der Waals surface area contributed by atoms with Gasteiger partial charge in [0.05, 0.1) is 12.0 Å². The van der Waals surface area contributed by atoms with Crippen LogP contribution in [0.4, 0.5) is 5.69 Å². The second-order valence-electron chi connectivity index (χ2n) is 9.05. The van der Waals surface area contributed by atoms with Crippen molar-refractivity contribution in [1.29, 1.82) is 0 Å². The Bertz CT molecular complexity index is 1140. The molecule has 2 amide bonds. The molecule has 0 atom stereocenters. The van der Waals surface area contributed by atoms with E-state index in [1.54, 1.807) is 40.1 Å². The summed E-state index contributed by atoms with van der Waals surface area (Å²) in [5.74, 6) is -0.115. The number of nitrogens with zero attached hydrogens (tertiary/aromatic N) is 4. The number of piperazine rings is 1. The van der Waals surface area contributed by atoms with Crippen LogP contribution in [0.1, 0.15) is 46.6 Å². The third-order valence-corrected chi connectivity index (χ3v) is 8.85. The molecule has 34 heavy (non-hydrogen) atoms. The van der Waals surface area contributed by atoms with E-state index < -0.39 is 10.0 Å². The molecule has 9 nitrogen and oxygen atoms in total. The van der Waals surface area contributed by atoms with E-state index in [1.165, 1.54) is 10.6 Å². The standard InChI is InChI=1S/C24H30N4O5S/c29-23(26-13-15-27(16-14-26)24(30)21-6-5-17-33-21)19-7-8-20(25-9-1-2-10-25)22(18-19)34(31,32)28-11-3-4-12-28/h5-8,17-18H,1-4,9-16H2. The van der Waals surface area contributed by atoms with E-state index >= 15 is 0 Å². The molecule has 0 aliphatic carbocycles. The molecule has 1 aromatic carbocycles. The summed E-state index contributed by atoms with van der Waals surface area (Å²) in [7, 11) is -3.68. The highest BCUT2D eigenvalue weighted by molar-refractivity contribution is 7.89. The van der Waals surface area contributed by atoms with Gasteiger partial charge in [0.1, 0.15) is 4.90 Å². The van der Waals surface area contributed by atoms with E-state index in [-0.39, 0.29) is 22.5 Å². The Kier molecular flexibility index (Phi) is 6.35. The van der Waals surface area contributed by atoms with Crippen LogP contribution in [0.5, 0.6) is 0 Å². The number of rotatable bonds is 5. The number of carbonyl (C=O) groups is 2. The van der Waals surface area contributed by atoms with E-state index in [9.17, 15) is 18.0 Å². The minimum Gasteiger partial charge on any atom is -0.459 e. The first-order valence-corrected chi connectivity index (χ1v) is 13.4. The zero-order valence-electron chi connectivity index (χ0n) is 19.2. The molecule has 0 N–H and O–H groups in total. The van der Waals surface area contributed by atoms with Crippen molar-refractivity contribution in [3.05, 3.63) is 47.9 Å². The molecule has 2 aromatic rings. The summed E-state index contributed by atoms with van der Waals surface area (Å²) >= 11 is 0. The van der Waals surface area contributed by atoms with E-state index in [0.29, 0.717) is 50.5 Å². The van der Waals surface area contributed by atoms with Gasteiger partial charge in [-0.2, -0.15) is 4.31 Å². The summed E-state index contributed by atoms with van der Waals surface area (Å²) < 4.78 is 33.8. The van der Waals surface area contributed by atoms with E-state index in [4.69, 9.17) is 4.42 Å². The van der Waals surface area contributed by atoms with Crippen molar-refractivity contribution in [2.24, 2.45) is 0 Å². The van der Waals surface area contributed by atoms with Gasteiger partial charge in [-0.15, -0.1) is 0 Å². The van der Waals surface area contributed by atoms with Gasteiger partial charge < -0.3 is 19.1 Å². The molecule has 10 heteroatoms. The fraction of sp³-hybridized carbons (Fsp3) is 0.500. The number of sulfonamides is 1. The lowest BCUT2D eigenvalue weighted by Gasteiger charge is -2.34. The van der Waals surface area contributed by atoms with Gasteiger partial charge in [0, 0.05) is 57.9 Å². The number of hydrogen-bond donors (Lipinski definition) is 0. The monoisotopic (exact) mass is 486 g/mol. The maximum Gasteiger partial charge on any atom is 0.289 e. The molecule has 0 bridgehead atoms. The second-order valence-corrected chi connectivity index (χ2v) is 11.0. The highest BCUT2D eigenvalue weighted by Crippen LogP contribution is 2.33. The molecule has 0 spiro atoms. The highest BCUT2D eigenvalue weighted by atomic mass is 32.2. The number of carbonyl (C=O) groups excluding carboxylic acids is 2. The fourth-order valence-electron chi connectivity index (χ4n) is 4.99. The molecule has 3 aliphatic rings. The lowest BCUT2D eigenvalue weighted by Crippen LogP contribution is -2.50. The molecule has 3 fully saturated rings. The Morgan fingerprint density at radius 1 is 0.765 bits per heavy atom. The number of amides is 2. The summed E-state index contributed by atoms with van der Waals surface area (Å²) in [5.41, 5.74) is 1.06. The fourth-order valence-corrected chi connectivity index (χ4v) is 6.75. The zero-order chi connectivity index (χ0) is 23.7.